The predicted octanol–water partition coefficient (Wildman–Crippen LogP) is 0.976. The molecule has 0 aromatic carbocycles. The summed E-state index contributed by atoms with van der Waals surface area (Å²) in [5, 5.41) is 15.3. The Morgan fingerprint density at radius 1 is 1.38 bits per heavy atom. The highest BCUT2D eigenvalue weighted by molar-refractivity contribution is 5.76. The van der Waals surface area contributed by atoms with Gasteiger partial charge in [-0.25, -0.2) is 0 Å². The van der Waals surface area contributed by atoms with E-state index in [-0.39, 0.29) is 5.91 Å². The Bertz CT molecular complexity index is 706. The Morgan fingerprint density at radius 2 is 2.21 bits per heavy atom. The van der Waals surface area contributed by atoms with Crippen molar-refractivity contribution in [3.05, 3.63) is 34.4 Å². The first-order chi connectivity index (χ1) is 11.5. The fourth-order valence-corrected chi connectivity index (χ4v) is 3.20. The Kier molecular flexibility index (Phi) is 4.99. The van der Waals surface area contributed by atoms with E-state index >= 15 is 0 Å². The summed E-state index contributed by atoms with van der Waals surface area (Å²) in [6.45, 7) is 7.34. The third-order valence-electron chi connectivity index (χ3n) is 4.67. The lowest BCUT2D eigenvalue weighted by atomic mass is 10.1. The summed E-state index contributed by atoms with van der Waals surface area (Å²) in [5.41, 5.74) is 5.43. The molecule has 0 saturated carbocycles. The van der Waals surface area contributed by atoms with Crippen LogP contribution in [0.5, 0.6) is 0 Å². The van der Waals surface area contributed by atoms with Gasteiger partial charge in [0.2, 0.25) is 5.91 Å². The molecule has 1 amide bonds. The molecule has 7 heteroatoms. The molecular weight excluding hydrogens is 304 g/mol. The number of carbonyl (C=O) groups is 1. The molecule has 0 bridgehead atoms. The van der Waals surface area contributed by atoms with Crippen LogP contribution in [0.3, 0.4) is 0 Å². The molecule has 0 atom stereocenters. The van der Waals surface area contributed by atoms with Crippen molar-refractivity contribution < 1.29 is 4.79 Å². The first-order valence-corrected chi connectivity index (χ1v) is 8.56. The third kappa shape index (κ3) is 3.67. The van der Waals surface area contributed by atoms with E-state index in [0.717, 1.165) is 49.6 Å². The average Bonchev–Trinajstić information content (AvgIpc) is 2.95. The lowest BCUT2D eigenvalue weighted by Crippen LogP contribution is -2.23. The predicted molar refractivity (Wildman–Crippen MR) is 91.4 cm³/mol. The van der Waals surface area contributed by atoms with Gasteiger partial charge in [-0.3, -0.25) is 14.2 Å². The first kappa shape index (κ1) is 16.7. The minimum absolute atomic E-state index is 0.0546. The van der Waals surface area contributed by atoms with Crippen LogP contribution in [0.25, 0.3) is 0 Å². The van der Waals surface area contributed by atoms with Crippen LogP contribution in [0.15, 0.2) is 6.07 Å². The highest BCUT2D eigenvalue weighted by Crippen LogP contribution is 2.14. The van der Waals surface area contributed by atoms with E-state index in [4.69, 9.17) is 0 Å². The minimum Gasteiger partial charge on any atom is -0.350 e. The van der Waals surface area contributed by atoms with Gasteiger partial charge < -0.3 is 10.6 Å². The highest BCUT2D eigenvalue weighted by atomic mass is 16.1. The largest absolute Gasteiger partial charge is 0.350 e. The van der Waals surface area contributed by atoms with E-state index in [2.05, 4.69) is 26.9 Å². The summed E-state index contributed by atoms with van der Waals surface area (Å²) in [4.78, 5) is 12.1. The van der Waals surface area contributed by atoms with E-state index in [9.17, 15) is 4.79 Å². The number of nitrogens with zero attached hydrogens (tertiary/aromatic N) is 4. The molecule has 1 aliphatic rings. The molecule has 3 heterocycles. The van der Waals surface area contributed by atoms with Crippen LogP contribution in [0.2, 0.25) is 0 Å². The zero-order chi connectivity index (χ0) is 17.1. The molecule has 2 N–H and O–H groups in total. The van der Waals surface area contributed by atoms with Gasteiger partial charge in [0.25, 0.3) is 0 Å². The monoisotopic (exact) mass is 330 g/mol. The van der Waals surface area contributed by atoms with Crippen LogP contribution >= 0.6 is 0 Å². The molecule has 2 aromatic rings. The summed E-state index contributed by atoms with van der Waals surface area (Å²) >= 11 is 0. The van der Waals surface area contributed by atoms with Crippen LogP contribution in [0.4, 0.5) is 0 Å². The summed E-state index contributed by atoms with van der Waals surface area (Å²) in [7, 11) is 1.93. The van der Waals surface area contributed by atoms with Gasteiger partial charge in [-0.1, -0.05) is 0 Å². The number of fused-ring (bicyclic) bond motifs is 1. The molecule has 0 unspecified atom stereocenters. The number of rotatable bonds is 5. The molecule has 0 radical (unpaired) electrons. The third-order valence-corrected chi connectivity index (χ3v) is 4.67. The summed E-state index contributed by atoms with van der Waals surface area (Å²) in [6.07, 6.45) is 2.29. The second-order valence-electron chi connectivity index (χ2n) is 6.43. The number of hydrogen-bond donors (Lipinski definition) is 2. The van der Waals surface area contributed by atoms with Crippen LogP contribution in [0, 0.1) is 13.8 Å². The quantitative estimate of drug-likeness (QED) is 0.857. The van der Waals surface area contributed by atoms with Crippen molar-refractivity contribution in [2.75, 3.05) is 6.54 Å². The second-order valence-corrected chi connectivity index (χ2v) is 6.43. The van der Waals surface area contributed by atoms with E-state index in [1.54, 1.807) is 0 Å². The Balaban J connectivity index is 1.51. The topological polar surface area (TPSA) is 76.8 Å². The van der Waals surface area contributed by atoms with Gasteiger partial charge >= 0.3 is 0 Å². The lowest BCUT2D eigenvalue weighted by Gasteiger charge is -2.04. The van der Waals surface area contributed by atoms with Crippen molar-refractivity contribution in [1.82, 2.24) is 30.2 Å². The molecule has 0 saturated heterocycles. The van der Waals surface area contributed by atoms with Gasteiger partial charge in [0, 0.05) is 32.3 Å². The van der Waals surface area contributed by atoms with Crippen LogP contribution < -0.4 is 10.6 Å². The fraction of sp³-hybridized carbons (Fsp3) is 0.588. The van der Waals surface area contributed by atoms with Crippen LogP contribution in [0.1, 0.15) is 41.2 Å². The van der Waals surface area contributed by atoms with Gasteiger partial charge in [-0.15, -0.1) is 0 Å². The van der Waals surface area contributed by atoms with E-state index in [1.807, 2.05) is 30.3 Å². The van der Waals surface area contributed by atoms with Crippen LogP contribution in [-0.4, -0.2) is 32.0 Å². The number of aryl methyl sites for hydroxylation is 3. The smallest absolute Gasteiger partial charge is 0.220 e. The fourth-order valence-electron chi connectivity index (χ4n) is 3.20. The Hall–Kier alpha value is -2.15. The van der Waals surface area contributed by atoms with Crippen molar-refractivity contribution in [2.45, 2.75) is 52.7 Å². The zero-order valence-corrected chi connectivity index (χ0v) is 14.7. The molecule has 24 heavy (non-hydrogen) atoms. The van der Waals surface area contributed by atoms with E-state index in [0.29, 0.717) is 13.0 Å². The van der Waals surface area contributed by atoms with Crippen molar-refractivity contribution in [2.24, 2.45) is 7.05 Å². The normalized spacial score (nSPS) is 14.3. The van der Waals surface area contributed by atoms with Crippen molar-refractivity contribution in [3.8, 4) is 0 Å². The maximum atomic E-state index is 12.1. The Morgan fingerprint density at radius 3 is 2.96 bits per heavy atom. The lowest BCUT2D eigenvalue weighted by molar-refractivity contribution is -0.121. The number of aromatic nitrogens is 4. The van der Waals surface area contributed by atoms with Crippen molar-refractivity contribution in [3.63, 3.8) is 0 Å². The number of carbonyl (C=O) groups excluding carboxylic acids is 1. The molecule has 0 fully saturated rings. The number of amides is 1. The van der Waals surface area contributed by atoms with E-state index in [1.165, 1.54) is 11.3 Å². The zero-order valence-electron chi connectivity index (χ0n) is 14.7. The molecule has 7 nitrogen and oxygen atoms in total. The highest BCUT2D eigenvalue weighted by Gasteiger charge is 2.13. The minimum atomic E-state index is 0.0546. The summed E-state index contributed by atoms with van der Waals surface area (Å²) in [5.74, 6) is 0.0546. The van der Waals surface area contributed by atoms with Gasteiger partial charge in [-0.05, 0) is 44.9 Å². The second kappa shape index (κ2) is 7.17. The SMILES string of the molecule is Cc1nn(C)c(C)c1CCC(=O)NCc1cc2n(n1)CCCNC2. The number of nitrogens with one attached hydrogen (secondary N) is 2. The van der Waals surface area contributed by atoms with Crippen LogP contribution in [-0.2, 0) is 37.9 Å². The summed E-state index contributed by atoms with van der Waals surface area (Å²) in [6, 6.07) is 2.08. The standard InChI is InChI=1S/C17H26N6O/c1-12-16(13(2)22(3)20-12)5-6-17(24)19-10-14-9-15-11-18-7-4-8-23(15)21-14/h9,18H,4-8,10-11H2,1-3H3,(H,19,24). The van der Waals surface area contributed by atoms with E-state index < -0.39 is 0 Å². The molecule has 2 aromatic heterocycles. The molecular formula is C17H26N6O. The van der Waals surface area contributed by atoms with Gasteiger partial charge in [0.15, 0.2) is 0 Å². The summed E-state index contributed by atoms with van der Waals surface area (Å²) < 4.78 is 3.92. The molecule has 0 aliphatic carbocycles. The van der Waals surface area contributed by atoms with Gasteiger partial charge in [0.05, 0.1) is 23.6 Å². The average molecular weight is 330 g/mol. The molecule has 3 rings (SSSR count). The van der Waals surface area contributed by atoms with Gasteiger partial charge in [0.1, 0.15) is 0 Å². The first-order valence-electron chi connectivity index (χ1n) is 8.56. The molecule has 130 valence electrons. The van der Waals surface area contributed by atoms with Crippen molar-refractivity contribution >= 4 is 5.91 Å². The van der Waals surface area contributed by atoms with Crippen molar-refractivity contribution in [1.29, 1.82) is 0 Å². The maximum absolute atomic E-state index is 12.1. The van der Waals surface area contributed by atoms with Gasteiger partial charge in [-0.2, -0.15) is 10.2 Å². The molecule has 0 spiro atoms. The number of hydrogen-bond acceptors (Lipinski definition) is 4. The molecule has 1 aliphatic heterocycles. The Labute approximate surface area is 142 Å². The maximum Gasteiger partial charge on any atom is 0.220 e.